The number of hydrogen-bond donors (Lipinski definition) is 1. The molecule has 1 heterocycles. The van der Waals surface area contributed by atoms with E-state index in [-0.39, 0.29) is 13.0 Å². The van der Waals surface area contributed by atoms with Gasteiger partial charge in [-0.2, -0.15) is 0 Å². The molecule has 3 aromatic carbocycles. The van der Waals surface area contributed by atoms with Gasteiger partial charge in [0, 0.05) is 18.2 Å². The fraction of sp³-hybridized carbons (Fsp3) is 0.182. The van der Waals surface area contributed by atoms with Crippen LogP contribution in [-0.4, -0.2) is 37.2 Å². The van der Waals surface area contributed by atoms with E-state index in [0.29, 0.717) is 17.0 Å². The van der Waals surface area contributed by atoms with Gasteiger partial charge < -0.3 is 4.90 Å². The number of benzene rings is 3. The lowest BCUT2D eigenvalue weighted by molar-refractivity contribution is -0.135. The molecule has 1 saturated heterocycles. The summed E-state index contributed by atoms with van der Waals surface area (Å²) in [4.78, 5) is 26.5. The monoisotopic (exact) mass is 444 g/mol. The molecule has 1 unspecified atom stereocenters. The number of nitrogens with one attached hydrogen (secondary N) is 1. The second-order valence-corrected chi connectivity index (χ2v) is 9.17. The summed E-state index contributed by atoms with van der Waals surface area (Å²) in [7, 11) is -4.59. The molecule has 31 heavy (non-hydrogen) atoms. The van der Waals surface area contributed by atoms with Gasteiger partial charge in [-0.3, -0.25) is 9.59 Å². The third kappa shape index (κ3) is 3.54. The number of sulfonamides is 1. The van der Waals surface area contributed by atoms with E-state index in [4.69, 9.17) is 0 Å². The van der Waals surface area contributed by atoms with Crippen LogP contribution in [0.5, 0.6) is 0 Å². The molecular formula is C22H18F2N2O4S. The standard InChI is InChI=1S/C22H18F2N2O4S/c1-22(21(28)25-31(29,30)19-10-9-15(23)13-18(19)24)11-12-26(22)20(27)17-8-4-6-14-5-2-3-7-16(14)17/h2-10,13H,11-12H2,1H3,(H,25,28). The van der Waals surface area contributed by atoms with Crippen molar-refractivity contribution in [2.24, 2.45) is 0 Å². The Hall–Kier alpha value is -3.33. The molecule has 0 radical (unpaired) electrons. The minimum Gasteiger partial charge on any atom is -0.324 e. The fourth-order valence-corrected chi connectivity index (χ4v) is 4.79. The van der Waals surface area contributed by atoms with Crippen LogP contribution in [0.2, 0.25) is 0 Å². The molecule has 1 atom stereocenters. The highest BCUT2D eigenvalue weighted by Crippen LogP contribution is 2.34. The van der Waals surface area contributed by atoms with Crippen molar-refractivity contribution in [3.8, 4) is 0 Å². The second kappa shape index (κ2) is 7.42. The highest BCUT2D eigenvalue weighted by molar-refractivity contribution is 7.90. The van der Waals surface area contributed by atoms with Crippen molar-refractivity contribution in [3.05, 3.63) is 77.9 Å². The number of rotatable bonds is 4. The van der Waals surface area contributed by atoms with Gasteiger partial charge in [-0.1, -0.05) is 36.4 Å². The van der Waals surface area contributed by atoms with Gasteiger partial charge in [-0.05, 0) is 42.3 Å². The average molecular weight is 444 g/mol. The first-order valence-corrected chi connectivity index (χ1v) is 10.9. The lowest BCUT2D eigenvalue weighted by atomic mass is 9.84. The van der Waals surface area contributed by atoms with Crippen LogP contribution in [0.25, 0.3) is 10.8 Å². The van der Waals surface area contributed by atoms with Crippen LogP contribution in [-0.2, 0) is 14.8 Å². The second-order valence-electron chi connectivity index (χ2n) is 7.52. The molecular weight excluding hydrogens is 426 g/mol. The summed E-state index contributed by atoms with van der Waals surface area (Å²) in [6.07, 6.45) is 0.233. The normalized spacial score (nSPS) is 18.5. The number of halogens is 2. The van der Waals surface area contributed by atoms with Crippen molar-refractivity contribution in [2.45, 2.75) is 23.8 Å². The Bertz CT molecular complexity index is 1320. The Morgan fingerprint density at radius 1 is 1.03 bits per heavy atom. The van der Waals surface area contributed by atoms with Gasteiger partial charge in [-0.15, -0.1) is 0 Å². The Balaban J connectivity index is 1.61. The van der Waals surface area contributed by atoms with Crippen LogP contribution in [0, 0.1) is 11.6 Å². The quantitative estimate of drug-likeness (QED) is 0.670. The summed E-state index contributed by atoms with van der Waals surface area (Å²) in [5.41, 5.74) is -1.04. The first-order chi connectivity index (χ1) is 14.6. The van der Waals surface area contributed by atoms with E-state index in [2.05, 4.69) is 0 Å². The lowest BCUT2D eigenvalue weighted by Gasteiger charge is -2.48. The zero-order valence-electron chi connectivity index (χ0n) is 16.4. The SMILES string of the molecule is CC1(C(=O)NS(=O)(=O)c2ccc(F)cc2F)CCN1C(=O)c1cccc2ccccc12. The number of nitrogens with zero attached hydrogens (tertiary/aromatic N) is 1. The average Bonchev–Trinajstić information content (AvgIpc) is 2.71. The number of amides is 2. The van der Waals surface area contributed by atoms with E-state index in [9.17, 15) is 26.8 Å². The molecule has 0 aliphatic carbocycles. The van der Waals surface area contributed by atoms with E-state index in [1.807, 2.05) is 22.9 Å². The van der Waals surface area contributed by atoms with Gasteiger partial charge in [0.15, 0.2) is 0 Å². The summed E-state index contributed by atoms with van der Waals surface area (Å²) in [5.74, 6) is -3.63. The zero-order valence-corrected chi connectivity index (χ0v) is 17.2. The van der Waals surface area contributed by atoms with Crippen molar-refractivity contribution in [1.82, 2.24) is 9.62 Å². The molecule has 2 amide bonds. The van der Waals surface area contributed by atoms with Crippen molar-refractivity contribution >= 4 is 32.6 Å². The fourth-order valence-electron chi connectivity index (χ4n) is 3.66. The van der Waals surface area contributed by atoms with Crippen molar-refractivity contribution in [2.75, 3.05) is 6.54 Å². The Morgan fingerprint density at radius 3 is 2.42 bits per heavy atom. The third-order valence-electron chi connectivity index (χ3n) is 5.58. The molecule has 160 valence electrons. The molecule has 9 heteroatoms. The van der Waals surface area contributed by atoms with Crippen molar-refractivity contribution < 1.29 is 26.8 Å². The first kappa shape index (κ1) is 20.9. The predicted molar refractivity (Wildman–Crippen MR) is 110 cm³/mol. The van der Waals surface area contributed by atoms with Gasteiger partial charge >= 0.3 is 0 Å². The Labute approximate surface area is 177 Å². The van der Waals surface area contributed by atoms with Gasteiger partial charge in [0.25, 0.3) is 21.8 Å². The minimum atomic E-state index is -4.59. The van der Waals surface area contributed by atoms with Crippen molar-refractivity contribution in [1.29, 1.82) is 0 Å². The Morgan fingerprint density at radius 2 is 1.74 bits per heavy atom. The van der Waals surface area contributed by atoms with E-state index in [1.165, 1.54) is 11.8 Å². The number of hydrogen-bond acceptors (Lipinski definition) is 4. The maximum absolute atomic E-state index is 13.9. The summed E-state index contributed by atoms with van der Waals surface area (Å²) in [6.45, 7) is 1.71. The maximum Gasteiger partial charge on any atom is 0.267 e. The minimum absolute atomic E-state index is 0.233. The van der Waals surface area contributed by atoms with Gasteiger partial charge in [0.2, 0.25) is 0 Å². The van der Waals surface area contributed by atoms with Crippen LogP contribution in [0.15, 0.2) is 65.6 Å². The third-order valence-corrected chi connectivity index (χ3v) is 6.95. The molecule has 6 nitrogen and oxygen atoms in total. The maximum atomic E-state index is 13.9. The predicted octanol–water partition coefficient (Wildman–Crippen LogP) is 3.23. The van der Waals surface area contributed by atoms with E-state index < -0.39 is 43.9 Å². The molecule has 0 spiro atoms. The number of fused-ring (bicyclic) bond motifs is 1. The number of likely N-dealkylation sites (tertiary alicyclic amines) is 1. The molecule has 0 saturated carbocycles. The summed E-state index contributed by atoms with van der Waals surface area (Å²) in [5, 5.41) is 1.57. The smallest absolute Gasteiger partial charge is 0.267 e. The molecule has 1 fully saturated rings. The molecule has 0 aromatic heterocycles. The first-order valence-electron chi connectivity index (χ1n) is 9.45. The molecule has 0 bridgehead atoms. The van der Waals surface area contributed by atoms with Crippen LogP contribution in [0.3, 0.4) is 0 Å². The zero-order chi connectivity index (χ0) is 22.4. The topological polar surface area (TPSA) is 83.6 Å². The van der Waals surface area contributed by atoms with E-state index in [1.54, 1.807) is 24.3 Å². The molecule has 1 aliphatic rings. The van der Waals surface area contributed by atoms with Crippen LogP contribution in [0.1, 0.15) is 23.7 Å². The van der Waals surface area contributed by atoms with Crippen LogP contribution >= 0.6 is 0 Å². The highest BCUT2D eigenvalue weighted by atomic mass is 32.2. The molecule has 4 rings (SSSR count). The summed E-state index contributed by atoms with van der Waals surface area (Å²) in [6, 6.07) is 14.5. The lowest BCUT2D eigenvalue weighted by Crippen LogP contribution is -2.67. The van der Waals surface area contributed by atoms with E-state index >= 15 is 0 Å². The Kier molecular flexibility index (Phi) is 5.01. The van der Waals surface area contributed by atoms with Crippen LogP contribution < -0.4 is 4.72 Å². The summed E-state index contributed by atoms with van der Waals surface area (Å²) >= 11 is 0. The van der Waals surface area contributed by atoms with Gasteiger partial charge in [0.1, 0.15) is 22.1 Å². The van der Waals surface area contributed by atoms with Gasteiger partial charge in [0.05, 0.1) is 0 Å². The van der Waals surface area contributed by atoms with Gasteiger partial charge in [-0.25, -0.2) is 21.9 Å². The van der Waals surface area contributed by atoms with E-state index in [0.717, 1.165) is 17.5 Å². The number of carbonyl (C=O) groups excluding carboxylic acids is 2. The largest absolute Gasteiger partial charge is 0.324 e. The van der Waals surface area contributed by atoms with Crippen molar-refractivity contribution in [3.63, 3.8) is 0 Å². The molecule has 1 N–H and O–H groups in total. The molecule has 1 aliphatic heterocycles. The number of carbonyl (C=O) groups is 2. The summed E-state index contributed by atoms with van der Waals surface area (Å²) < 4.78 is 53.8. The highest BCUT2D eigenvalue weighted by Gasteiger charge is 2.51. The molecule has 3 aromatic rings. The van der Waals surface area contributed by atoms with Crippen LogP contribution in [0.4, 0.5) is 8.78 Å².